The molecule has 24 heavy (non-hydrogen) atoms. The van der Waals surface area contributed by atoms with Gasteiger partial charge in [-0.3, -0.25) is 0 Å². The second-order valence-corrected chi connectivity index (χ2v) is 6.76. The Morgan fingerprint density at radius 2 is 1.46 bits per heavy atom. The van der Waals surface area contributed by atoms with Crippen molar-refractivity contribution in [3.63, 3.8) is 0 Å². The molecule has 0 aromatic heterocycles. The standard InChI is InChI=1S/C18H12O4S2/c1-3-15(19)21-11-9-10-14-18(17(11)22-16(20)4-2)24-13-8-6-5-7-12(13)23-14/h3-10H,1-2H2. The average molecular weight is 356 g/mol. The number of carbonyl (C=O) groups is 2. The molecule has 0 N–H and O–H groups in total. The molecule has 1 aliphatic heterocycles. The molecule has 0 aliphatic carbocycles. The van der Waals surface area contributed by atoms with E-state index in [9.17, 15) is 9.59 Å². The highest BCUT2D eigenvalue weighted by Crippen LogP contribution is 2.54. The zero-order valence-corrected chi connectivity index (χ0v) is 14.1. The third-order valence-electron chi connectivity index (χ3n) is 3.07. The van der Waals surface area contributed by atoms with E-state index in [1.165, 1.54) is 11.8 Å². The lowest BCUT2D eigenvalue weighted by Crippen LogP contribution is -2.10. The van der Waals surface area contributed by atoms with Crippen LogP contribution in [-0.4, -0.2) is 11.9 Å². The molecular formula is C18H12O4S2. The van der Waals surface area contributed by atoms with Gasteiger partial charge in [-0.25, -0.2) is 9.59 Å². The van der Waals surface area contributed by atoms with Crippen LogP contribution in [0.3, 0.4) is 0 Å². The Kier molecular flexibility index (Phi) is 4.78. The SMILES string of the molecule is C=CC(=O)Oc1ccc2c(c1OC(=O)C=C)Sc1ccccc1S2. The number of esters is 2. The molecule has 4 nitrogen and oxygen atoms in total. The summed E-state index contributed by atoms with van der Waals surface area (Å²) in [4.78, 5) is 27.0. The first kappa shape index (κ1) is 16.4. The fourth-order valence-corrected chi connectivity index (χ4v) is 4.33. The molecule has 0 bridgehead atoms. The lowest BCUT2D eigenvalue weighted by Gasteiger charge is -2.21. The Morgan fingerprint density at radius 3 is 2.12 bits per heavy atom. The number of ether oxygens (including phenoxy) is 2. The quantitative estimate of drug-likeness (QED) is 0.390. The van der Waals surface area contributed by atoms with Crippen molar-refractivity contribution in [2.24, 2.45) is 0 Å². The number of fused-ring (bicyclic) bond motifs is 2. The van der Waals surface area contributed by atoms with Crippen LogP contribution in [-0.2, 0) is 9.59 Å². The topological polar surface area (TPSA) is 52.6 Å². The van der Waals surface area contributed by atoms with Gasteiger partial charge in [0.2, 0.25) is 0 Å². The molecule has 0 atom stereocenters. The van der Waals surface area contributed by atoms with Crippen molar-refractivity contribution in [3.05, 3.63) is 61.7 Å². The number of benzene rings is 2. The number of hydrogen-bond donors (Lipinski definition) is 0. The van der Waals surface area contributed by atoms with Crippen molar-refractivity contribution in [3.8, 4) is 11.5 Å². The van der Waals surface area contributed by atoms with Crippen molar-refractivity contribution in [2.45, 2.75) is 19.6 Å². The molecule has 0 amide bonds. The van der Waals surface area contributed by atoms with E-state index in [4.69, 9.17) is 9.47 Å². The zero-order valence-electron chi connectivity index (χ0n) is 12.5. The molecule has 0 unspecified atom stereocenters. The van der Waals surface area contributed by atoms with Gasteiger partial charge in [-0.15, -0.1) is 0 Å². The van der Waals surface area contributed by atoms with Gasteiger partial charge in [-0.05, 0) is 24.3 Å². The Hall–Kier alpha value is -2.44. The van der Waals surface area contributed by atoms with E-state index in [-0.39, 0.29) is 11.5 Å². The van der Waals surface area contributed by atoms with E-state index in [1.54, 1.807) is 17.8 Å². The Morgan fingerprint density at radius 1 is 0.833 bits per heavy atom. The summed E-state index contributed by atoms with van der Waals surface area (Å²) in [6.45, 7) is 6.77. The highest BCUT2D eigenvalue weighted by molar-refractivity contribution is 8.05. The first-order chi connectivity index (χ1) is 11.6. The molecule has 0 saturated heterocycles. The first-order valence-electron chi connectivity index (χ1n) is 6.92. The summed E-state index contributed by atoms with van der Waals surface area (Å²) in [5.74, 6) is -0.871. The van der Waals surface area contributed by atoms with Crippen LogP contribution in [0, 0.1) is 0 Å². The van der Waals surface area contributed by atoms with E-state index < -0.39 is 11.9 Å². The summed E-state index contributed by atoms with van der Waals surface area (Å²) < 4.78 is 10.6. The Balaban J connectivity index is 2.08. The van der Waals surface area contributed by atoms with Gasteiger partial charge in [0.25, 0.3) is 0 Å². The molecule has 0 spiro atoms. The first-order valence-corrected chi connectivity index (χ1v) is 8.56. The molecule has 3 rings (SSSR count). The molecule has 2 aromatic carbocycles. The second-order valence-electron chi connectivity index (χ2n) is 4.62. The molecule has 2 aromatic rings. The monoisotopic (exact) mass is 356 g/mol. The Labute approximate surface area is 147 Å². The van der Waals surface area contributed by atoms with Gasteiger partial charge in [0, 0.05) is 26.8 Å². The lowest BCUT2D eigenvalue weighted by atomic mass is 10.3. The summed E-state index contributed by atoms with van der Waals surface area (Å²) in [6.07, 6.45) is 2.11. The molecule has 6 heteroatoms. The van der Waals surface area contributed by atoms with Crippen LogP contribution in [0.15, 0.2) is 81.3 Å². The van der Waals surface area contributed by atoms with Crippen LogP contribution in [0.1, 0.15) is 0 Å². The largest absolute Gasteiger partial charge is 0.419 e. The maximum atomic E-state index is 11.7. The van der Waals surface area contributed by atoms with Crippen LogP contribution >= 0.6 is 23.5 Å². The normalized spacial score (nSPS) is 11.7. The van der Waals surface area contributed by atoms with Gasteiger partial charge in [0.15, 0.2) is 11.5 Å². The minimum atomic E-state index is -0.625. The summed E-state index contributed by atoms with van der Waals surface area (Å²) >= 11 is 3.03. The van der Waals surface area contributed by atoms with Crippen LogP contribution in [0.25, 0.3) is 0 Å². The predicted octanol–water partition coefficient (Wildman–Crippen LogP) is 4.49. The minimum absolute atomic E-state index is 0.168. The van der Waals surface area contributed by atoms with Crippen LogP contribution in [0.2, 0.25) is 0 Å². The molecule has 1 aliphatic rings. The van der Waals surface area contributed by atoms with Crippen LogP contribution in [0.5, 0.6) is 11.5 Å². The number of hydrogen-bond acceptors (Lipinski definition) is 6. The molecular weight excluding hydrogens is 344 g/mol. The van der Waals surface area contributed by atoms with Crippen molar-refractivity contribution in [1.82, 2.24) is 0 Å². The summed E-state index contributed by atoms with van der Waals surface area (Å²) in [6, 6.07) is 11.4. The Bertz CT molecular complexity index is 858. The van der Waals surface area contributed by atoms with Crippen molar-refractivity contribution >= 4 is 35.5 Å². The molecule has 0 radical (unpaired) electrons. The van der Waals surface area contributed by atoms with E-state index in [1.807, 2.05) is 30.3 Å². The highest BCUT2D eigenvalue weighted by Gasteiger charge is 2.25. The van der Waals surface area contributed by atoms with Gasteiger partial charge < -0.3 is 9.47 Å². The van der Waals surface area contributed by atoms with E-state index in [0.717, 1.165) is 31.7 Å². The van der Waals surface area contributed by atoms with Crippen molar-refractivity contribution in [2.75, 3.05) is 0 Å². The second kappa shape index (κ2) is 6.98. The van der Waals surface area contributed by atoms with Gasteiger partial charge in [0.1, 0.15) is 0 Å². The predicted molar refractivity (Wildman–Crippen MR) is 92.8 cm³/mol. The van der Waals surface area contributed by atoms with E-state index in [2.05, 4.69) is 13.2 Å². The van der Waals surface area contributed by atoms with Crippen LogP contribution < -0.4 is 9.47 Å². The van der Waals surface area contributed by atoms with E-state index >= 15 is 0 Å². The van der Waals surface area contributed by atoms with Crippen LogP contribution in [0.4, 0.5) is 0 Å². The van der Waals surface area contributed by atoms with Gasteiger partial charge in [0.05, 0.1) is 4.90 Å². The molecule has 1 heterocycles. The zero-order chi connectivity index (χ0) is 17.1. The minimum Gasteiger partial charge on any atom is -0.419 e. The summed E-state index contributed by atoms with van der Waals surface area (Å²) in [5.41, 5.74) is 0. The van der Waals surface area contributed by atoms with E-state index in [0.29, 0.717) is 0 Å². The maximum absolute atomic E-state index is 11.7. The van der Waals surface area contributed by atoms with Crippen molar-refractivity contribution in [1.29, 1.82) is 0 Å². The average Bonchev–Trinajstić information content (AvgIpc) is 2.61. The number of rotatable bonds is 4. The third-order valence-corrected chi connectivity index (χ3v) is 5.65. The lowest BCUT2D eigenvalue weighted by molar-refractivity contribution is -0.131. The fourth-order valence-electron chi connectivity index (χ4n) is 2.02. The van der Waals surface area contributed by atoms with Gasteiger partial charge in [-0.1, -0.05) is 48.8 Å². The number of carbonyl (C=O) groups excluding carboxylic acids is 2. The molecule has 120 valence electrons. The smallest absolute Gasteiger partial charge is 0.335 e. The summed E-state index contributed by atoms with van der Waals surface area (Å²) in [5, 5.41) is 0. The fraction of sp³-hybridized carbons (Fsp3) is 0. The van der Waals surface area contributed by atoms with Gasteiger partial charge in [-0.2, -0.15) is 0 Å². The molecule has 0 saturated carbocycles. The maximum Gasteiger partial charge on any atom is 0.335 e. The summed E-state index contributed by atoms with van der Waals surface area (Å²) in [7, 11) is 0. The van der Waals surface area contributed by atoms with Gasteiger partial charge >= 0.3 is 11.9 Å². The molecule has 0 fully saturated rings. The highest BCUT2D eigenvalue weighted by atomic mass is 32.2. The third kappa shape index (κ3) is 3.25. The van der Waals surface area contributed by atoms with Crippen molar-refractivity contribution < 1.29 is 19.1 Å².